The fourth-order valence-corrected chi connectivity index (χ4v) is 1.34. The predicted molar refractivity (Wildman–Crippen MR) is 58.8 cm³/mol. The molecule has 0 spiro atoms. The molecule has 0 bridgehead atoms. The molecule has 0 saturated carbocycles. The van der Waals surface area contributed by atoms with Crippen molar-refractivity contribution in [3.8, 4) is 0 Å². The molecular formula is C11H19N3. The average Bonchev–Trinajstić information content (AvgIpc) is 2.20. The van der Waals surface area contributed by atoms with Gasteiger partial charge in [-0.25, -0.2) is 0 Å². The lowest BCUT2D eigenvalue weighted by Crippen LogP contribution is -2.22. The van der Waals surface area contributed by atoms with E-state index in [9.17, 15) is 0 Å². The van der Waals surface area contributed by atoms with Gasteiger partial charge < -0.3 is 11.1 Å². The summed E-state index contributed by atoms with van der Waals surface area (Å²) in [5.41, 5.74) is 6.56. The second kappa shape index (κ2) is 6.51. The van der Waals surface area contributed by atoms with E-state index in [0.29, 0.717) is 5.92 Å². The molecule has 0 fully saturated rings. The summed E-state index contributed by atoms with van der Waals surface area (Å²) in [5, 5.41) is 3.37. The van der Waals surface area contributed by atoms with Gasteiger partial charge >= 0.3 is 0 Å². The molecule has 1 rings (SSSR count). The monoisotopic (exact) mass is 193 g/mol. The molecule has 3 N–H and O–H groups in total. The van der Waals surface area contributed by atoms with Crippen molar-refractivity contribution in [1.82, 2.24) is 10.3 Å². The maximum Gasteiger partial charge on any atom is 0.0541 e. The van der Waals surface area contributed by atoms with E-state index in [2.05, 4.69) is 17.2 Å². The lowest BCUT2D eigenvalue weighted by molar-refractivity contribution is 0.484. The molecule has 0 aromatic carbocycles. The normalized spacial score (nSPS) is 12.7. The molecule has 0 aliphatic rings. The first-order valence-corrected chi connectivity index (χ1v) is 5.13. The van der Waals surface area contributed by atoms with E-state index in [1.165, 1.54) is 0 Å². The van der Waals surface area contributed by atoms with Gasteiger partial charge in [-0.3, -0.25) is 4.98 Å². The van der Waals surface area contributed by atoms with Crippen LogP contribution in [0.1, 0.15) is 19.0 Å². The van der Waals surface area contributed by atoms with Crippen molar-refractivity contribution in [2.75, 3.05) is 13.1 Å². The maximum absolute atomic E-state index is 5.47. The average molecular weight is 193 g/mol. The molecule has 1 unspecified atom stereocenters. The number of nitrogens with zero attached hydrogens (tertiary/aromatic N) is 1. The molecule has 1 aromatic heterocycles. The van der Waals surface area contributed by atoms with E-state index in [0.717, 1.165) is 31.7 Å². The topological polar surface area (TPSA) is 50.9 Å². The molecule has 1 aromatic rings. The molecule has 14 heavy (non-hydrogen) atoms. The van der Waals surface area contributed by atoms with Crippen molar-refractivity contribution in [2.45, 2.75) is 19.9 Å². The molecule has 0 radical (unpaired) electrons. The summed E-state index contributed by atoms with van der Waals surface area (Å²) in [6.45, 7) is 4.83. The molecular weight excluding hydrogens is 174 g/mol. The van der Waals surface area contributed by atoms with E-state index in [4.69, 9.17) is 5.73 Å². The van der Waals surface area contributed by atoms with Gasteiger partial charge in [-0.2, -0.15) is 0 Å². The summed E-state index contributed by atoms with van der Waals surface area (Å²) in [7, 11) is 0. The zero-order chi connectivity index (χ0) is 10.2. The highest BCUT2D eigenvalue weighted by molar-refractivity contribution is 5.02. The number of rotatable bonds is 6. The minimum atomic E-state index is 0.642. The van der Waals surface area contributed by atoms with E-state index in [-0.39, 0.29) is 0 Å². The zero-order valence-electron chi connectivity index (χ0n) is 8.74. The van der Waals surface area contributed by atoms with Crippen molar-refractivity contribution < 1.29 is 0 Å². The highest BCUT2D eigenvalue weighted by Crippen LogP contribution is 1.98. The molecule has 0 saturated heterocycles. The summed E-state index contributed by atoms with van der Waals surface area (Å²) in [6.07, 6.45) is 2.90. The van der Waals surface area contributed by atoms with Crippen molar-refractivity contribution in [3.63, 3.8) is 0 Å². The Morgan fingerprint density at radius 3 is 3.00 bits per heavy atom. The highest BCUT2D eigenvalue weighted by atomic mass is 14.9. The minimum absolute atomic E-state index is 0.642. The molecule has 1 heterocycles. The predicted octanol–water partition coefficient (Wildman–Crippen LogP) is 1.16. The number of nitrogens with two attached hydrogens (primary N) is 1. The zero-order valence-corrected chi connectivity index (χ0v) is 8.74. The fraction of sp³-hybridized carbons (Fsp3) is 0.545. The second-order valence-corrected chi connectivity index (χ2v) is 3.63. The molecule has 0 aliphatic heterocycles. The Labute approximate surface area is 85.7 Å². The van der Waals surface area contributed by atoms with Crippen molar-refractivity contribution in [2.24, 2.45) is 11.7 Å². The Hall–Kier alpha value is -0.930. The van der Waals surface area contributed by atoms with Crippen molar-refractivity contribution in [1.29, 1.82) is 0 Å². The van der Waals surface area contributed by atoms with Crippen molar-refractivity contribution >= 4 is 0 Å². The third kappa shape index (κ3) is 4.35. The van der Waals surface area contributed by atoms with E-state index >= 15 is 0 Å². The van der Waals surface area contributed by atoms with Gasteiger partial charge in [0, 0.05) is 12.7 Å². The third-order valence-electron chi connectivity index (χ3n) is 2.18. The Morgan fingerprint density at radius 2 is 2.36 bits per heavy atom. The second-order valence-electron chi connectivity index (χ2n) is 3.63. The Bertz CT molecular complexity index is 236. The van der Waals surface area contributed by atoms with Crippen LogP contribution in [-0.2, 0) is 6.54 Å². The molecule has 0 amide bonds. The molecule has 1 atom stereocenters. The first-order valence-electron chi connectivity index (χ1n) is 5.13. The first kappa shape index (κ1) is 11.1. The number of aromatic nitrogens is 1. The van der Waals surface area contributed by atoms with Crippen LogP contribution in [0, 0.1) is 5.92 Å². The fourth-order valence-electron chi connectivity index (χ4n) is 1.34. The van der Waals surface area contributed by atoms with Gasteiger partial charge in [0.15, 0.2) is 0 Å². The molecule has 0 aliphatic carbocycles. The third-order valence-corrected chi connectivity index (χ3v) is 2.18. The van der Waals surface area contributed by atoms with Crippen LogP contribution in [-0.4, -0.2) is 18.1 Å². The van der Waals surface area contributed by atoms with Gasteiger partial charge in [0.05, 0.1) is 5.69 Å². The van der Waals surface area contributed by atoms with Crippen LogP contribution in [0.3, 0.4) is 0 Å². The summed E-state index contributed by atoms with van der Waals surface area (Å²) in [6, 6.07) is 5.97. The number of hydrogen-bond donors (Lipinski definition) is 2. The lowest BCUT2D eigenvalue weighted by Gasteiger charge is -2.10. The van der Waals surface area contributed by atoms with Crippen LogP contribution in [0.15, 0.2) is 24.4 Å². The molecule has 3 nitrogen and oxygen atoms in total. The van der Waals surface area contributed by atoms with Crippen LogP contribution in [0.5, 0.6) is 0 Å². The van der Waals surface area contributed by atoms with Gasteiger partial charge in [-0.1, -0.05) is 13.0 Å². The van der Waals surface area contributed by atoms with Crippen LogP contribution in [0.25, 0.3) is 0 Å². The van der Waals surface area contributed by atoms with Crippen LogP contribution < -0.4 is 11.1 Å². The van der Waals surface area contributed by atoms with E-state index < -0.39 is 0 Å². The smallest absolute Gasteiger partial charge is 0.0541 e. The van der Waals surface area contributed by atoms with Crippen molar-refractivity contribution in [3.05, 3.63) is 30.1 Å². The van der Waals surface area contributed by atoms with Gasteiger partial charge in [-0.15, -0.1) is 0 Å². The summed E-state index contributed by atoms with van der Waals surface area (Å²) >= 11 is 0. The van der Waals surface area contributed by atoms with E-state index in [1.54, 1.807) is 0 Å². The Kier molecular flexibility index (Phi) is 5.19. The minimum Gasteiger partial charge on any atom is -0.330 e. The Morgan fingerprint density at radius 1 is 1.50 bits per heavy atom. The van der Waals surface area contributed by atoms with Gasteiger partial charge in [-0.05, 0) is 37.6 Å². The van der Waals surface area contributed by atoms with E-state index in [1.807, 2.05) is 24.4 Å². The SMILES string of the molecule is CC(CCN)CNCc1ccccn1. The number of pyridine rings is 1. The first-order chi connectivity index (χ1) is 6.83. The quantitative estimate of drug-likeness (QED) is 0.712. The van der Waals surface area contributed by atoms with Crippen LogP contribution in [0.2, 0.25) is 0 Å². The molecule has 3 heteroatoms. The maximum atomic E-state index is 5.47. The molecule has 78 valence electrons. The number of hydrogen-bond acceptors (Lipinski definition) is 3. The standard InChI is InChI=1S/C11H19N3/c1-10(5-6-12)8-13-9-11-4-2-3-7-14-11/h2-4,7,10,13H,5-6,8-9,12H2,1H3. The highest BCUT2D eigenvalue weighted by Gasteiger charge is 1.99. The van der Waals surface area contributed by atoms with Crippen LogP contribution >= 0.6 is 0 Å². The Balaban J connectivity index is 2.16. The van der Waals surface area contributed by atoms with Gasteiger partial charge in [0.1, 0.15) is 0 Å². The summed E-state index contributed by atoms with van der Waals surface area (Å²) < 4.78 is 0. The summed E-state index contributed by atoms with van der Waals surface area (Å²) in [4.78, 5) is 4.23. The van der Waals surface area contributed by atoms with Crippen LogP contribution in [0.4, 0.5) is 0 Å². The lowest BCUT2D eigenvalue weighted by atomic mass is 10.1. The van der Waals surface area contributed by atoms with Gasteiger partial charge in [0.25, 0.3) is 0 Å². The largest absolute Gasteiger partial charge is 0.330 e. The number of nitrogens with one attached hydrogen (secondary N) is 1. The summed E-state index contributed by atoms with van der Waals surface area (Å²) in [5.74, 6) is 0.642. The van der Waals surface area contributed by atoms with Gasteiger partial charge in [0.2, 0.25) is 0 Å².